The van der Waals surface area contributed by atoms with Crippen molar-refractivity contribution in [3.63, 3.8) is 0 Å². The van der Waals surface area contributed by atoms with Crippen molar-refractivity contribution >= 4 is 11.4 Å². The molecule has 3 N–H and O–H groups in total. The Morgan fingerprint density at radius 2 is 1.55 bits per heavy atom. The molecule has 114 valence electrons. The quantitative estimate of drug-likeness (QED) is 0.848. The molecule has 1 saturated carbocycles. The smallest absolute Gasteiger partial charge is 0.151 e. The first kappa shape index (κ1) is 13.6. The molecule has 22 heavy (non-hydrogen) atoms. The molecular formula is C18H20N2O2. The number of aliphatic hydroxyl groups excluding tert-OH is 1. The minimum atomic E-state index is -0.534. The Morgan fingerprint density at radius 1 is 0.955 bits per heavy atom. The molecule has 0 aromatic heterocycles. The molecule has 1 fully saturated rings. The van der Waals surface area contributed by atoms with Gasteiger partial charge in [0.05, 0.1) is 23.5 Å². The fraction of sp³-hybridized carbons (Fsp3) is 0.333. The SMILES string of the molecule is N[C@@H]1CCC[C@H](N2c3ccccc3Oc3ccccc32)[C@H]1O. The van der Waals surface area contributed by atoms with Crippen molar-refractivity contribution in [1.29, 1.82) is 0 Å². The average Bonchev–Trinajstić information content (AvgIpc) is 2.55. The molecule has 3 atom stereocenters. The van der Waals surface area contributed by atoms with Crippen molar-refractivity contribution in [3.8, 4) is 11.5 Å². The summed E-state index contributed by atoms with van der Waals surface area (Å²) in [4.78, 5) is 2.21. The molecule has 2 aliphatic rings. The van der Waals surface area contributed by atoms with E-state index in [1.165, 1.54) is 0 Å². The molecule has 1 heterocycles. The number of para-hydroxylation sites is 4. The normalized spacial score (nSPS) is 26.8. The second-order valence-electron chi connectivity index (χ2n) is 6.06. The third-order valence-electron chi connectivity index (χ3n) is 4.67. The predicted octanol–water partition coefficient (Wildman–Crippen LogP) is 3.17. The van der Waals surface area contributed by atoms with E-state index >= 15 is 0 Å². The molecule has 0 bridgehead atoms. The molecule has 2 aromatic carbocycles. The summed E-state index contributed by atoms with van der Waals surface area (Å²) in [5, 5.41) is 10.6. The van der Waals surface area contributed by atoms with Gasteiger partial charge in [0, 0.05) is 6.04 Å². The van der Waals surface area contributed by atoms with Crippen LogP contribution in [0.2, 0.25) is 0 Å². The van der Waals surface area contributed by atoms with Crippen LogP contribution in [0, 0.1) is 0 Å². The van der Waals surface area contributed by atoms with E-state index < -0.39 is 6.10 Å². The first-order valence-electron chi connectivity index (χ1n) is 7.84. The van der Waals surface area contributed by atoms with Crippen LogP contribution in [0.3, 0.4) is 0 Å². The Bertz CT molecular complexity index is 643. The van der Waals surface area contributed by atoms with Gasteiger partial charge in [-0.2, -0.15) is 0 Å². The second-order valence-corrected chi connectivity index (χ2v) is 6.06. The average molecular weight is 296 g/mol. The third-order valence-corrected chi connectivity index (χ3v) is 4.67. The molecule has 0 radical (unpaired) electrons. The molecule has 1 aliphatic heterocycles. The van der Waals surface area contributed by atoms with E-state index in [9.17, 15) is 5.11 Å². The van der Waals surface area contributed by atoms with E-state index in [4.69, 9.17) is 10.5 Å². The molecule has 0 saturated heterocycles. The van der Waals surface area contributed by atoms with Crippen LogP contribution < -0.4 is 15.4 Å². The van der Waals surface area contributed by atoms with E-state index in [-0.39, 0.29) is 12.1 Å². The van der Waals surface area contributed by atoms with Crippen LogP contribution in [0.4, 0.5) is 11.4 Å². The van der Waals surface area contributed by atoms with E-state index in [0.717, 1.165) is 42.1 Å². The fourth-order valence-electron chi connectivity index (χ4n) is 3.56. The van der Waals surface area contributed by atoms with Gasteiger partial charge in [-0.15, -0.1) is 0 Å². The van der Waals surface area contributed by atoms with Crippen LogP contribution in [-0.2, 0) is 0 Å². The summed E-state index contributed by atoms with van der Waals surface area (Å²) in [6, 6.07) is 15.8. The minimum Gasteiger partial charge on any atom is -0.453 e. The summed E-state index contributed by atoms with van der Waals surface area (Å²) < 4.78 is 6.01. The van der Waals surface area contributed by atoms with Gasteiger partial charge in [0.15, 0.2) is 11.5 Å². The Labute approximate surface area is 130 Å². The van der Waals surface area contributed by atoms with Gasteiger partial charge >= 0.3 is 0 Å². The highest BCUT2D eigenvalue weighted by Gasteiger charge is 2.38. The molecule has 4 rings (SSSR count). The minimum absolute atomic E-state index is 0.0186. The van der Waals surface area contributed by atoms with Crippen molar-refractivity contribution in [2.45, 2.75) is 37.5 Å². The number of rotatable bonds is 1. The first-order valence-corrected chi connectivity index (χ1v) is 7.84. The first-order chi connectivity index (χ1) is 10.8. The van der Waals surface area contributed by atoms with Gasteiger partial charge in [-0.05, 0) is 43.5 Å². The largest absolute Gasteiger partial charge is 0.453 e. The number of benzene rings is 2. The van der Waals surface area contributed by atoms with Crippen LogP contribution in [-0.4, -0.2) is 23.3 Å². The number of hydrogen-bond donors (Lipinski definition) is 2. The maximum Gasteiger partial charge on any atom is 0.151 e. The van der Waals surface area contributed by atoms with Crippen molar-refractivity contribution in [1.82, 2.24) is 0 Å². The van der Waals surface area contributed by atoms with Crippen molar-refractivity contribution in [2.24, 2.45) is 5.73 Å². The van der Waals surface area contributed by atoms with Crippen LogP contribution >= 0.6 is 0 Å². The number of hydrogen-bond acceptors (Lipinski definition) is 4. The zero-order valence-corrected chi connectivity index (χ0v) is 12.4. The van der Waals surface area contributed by atoms with Crippen molar-refractivity contribution in [3.05, 3.63) is 48.5 Å². The zero-order chi connectivity index (χ0) is 15.1. The van der Waals surface area contributed by atoms with Crippen LogP contribution in [0.25, 0.3) is 0 Å². The highest BCUT2D eigenvalue weighted by atomic mass is 16.5. The fourth-order valence-corrected chi connectivity index (χ4v) is 3.56. The lowest BCUT2D eigenvalue weighted by Crippen LogP contribution is -2.53. The lowest BCUT2D eigenvalue weighted by atomic mass is 9.86. The summed E-state index contributed by atoms with van der Waals surface area (Å²) in [5.74, 6) is 1.65. The van der Waals surface area contributed by atoms with Crippen LogP contribution in [0.1, 0.15) is 19.3 Å². The summed E-state index contributed by atoms with van der Waals surface area (Å²) >= 11 is 0. The molecule has 4 nitrogen and oxygen atoms in total. The maximum absolute atomic E-state index is 10.6. The number of fused-ring (bicyclic) bond motifs is 2. The van der Waals surface area contributed by atoms with Crippen molar-refractivity contribution in [2.75, 3.05) is 4.90 Å². The van der Waals surface area contributed by atoms with Gasteiger partial charge in [-0.1, -0.05) is 24.3 Å². The predicted molar refractivity (Wildman–Crippen MR) is 86.7 cm³/mol. The molecule has 0 spiro atoms. The standard InChI is InChI=1S/C18H20N2O2/c19-12-6-5-9-15(18(12)21)20-13-7-1-3-10-16(13)22-17-11-4-2-8-14(17)20/h1-4,7-8,10-12,15,18,21H,5-6,9,19H2/t12-,15+,18+/m1/s1. The monoisotopic (exact) mass is 296 g/mol. The number of ether oxygens (including phenoxy) is 1. The summed E-state index contributed by atoms with van der Waals surface area (Å²) in [7, 11) is 0. The highest BCUT2D eigenvalue weighted by Crippen LogP contribution is 2.48. The number of nitrogens with zero attached hydrogens (tertiary/aromatic N) is 1. The Morgan fingerprint density at radius 3 is 2.18 bits per heavy atom. The van der Waals surface area contributed by atoms with Gasteiger partial charge in [0.25, 0.3) is 0 Å². The Balaban J connectivity index is 1.84. The maximum atomic E-state index is 10.6. The lowest BCUT2D eigenvalue weighted by Gasteiger charge is -2.44. The molecule has 0 amide bonds. The Kier molecular flexibility index (Phi) is 3.28. The number of nitrogens with two attached hydrogens (primary N) is 1. The van der Waals surface area contributed by atoms with Crippen molar-refractivity contribution < 1.29 is 9.84 Å². The molecule has 4 heteroatoms. The number of anilines is 2. The van der Waals surface area contributed by atoms with Gasteiger partial charge in [0.1, 0.15) is 0 Å². The molecule has 0 unspecified atom stereocenters. The second kappa shape index (κ2) is 5.30. The van der Waals surface area contributed by atoms with Gasteiger partial charge in [-0.3, -0.25) is 0 Å². The molecule has 2 aromatic rings. The van der Waals surface area contributed by atoms with Gasteiger partial charge in [-0.25, -0.2) is 0 Å². The third kappa shape index (κ3) is 2.07. The van der Waals surface area contributed by atoms with E-state index in [1.54, 1.807) is 0 Å². The van der Waals surface area contributed by atoms with Gasteiger partial charge in [0.2, 0.25) is 0 Å². The summed E-state index contributed by atoms with van der Waals surface area (Å²) in [6.45, 7) is 0. The highest BCUT2D eigenvalue weighted by molar-refractivity contribution is 5.78. The van der Waals surface area contributed by atoms with E-state index in [2.05, 4.69) is 4.90 Å². The van der Waals surface area contributed by atoms with E-state index in [0.29, 0.717) is 0 Å². The number of aliphatic hydroxyl groups is 1. The molecule has 1 aliphatic carbocycles. The zero-order valence-electron chi connectivity index (χ0n) is 12.4. The molecular weight excluding hydrogens is 276 g/mol. The summed E-state index contributed by atoms with van der Waals surface area (Å²) in [6.07, 6.45) is 2.31. The summed E-state index contributed by atoms with van der Waals surface area (Å²) in [5.41, 5.74) is 8.11. The lowest BCUT2D eigenvalue weighted by molar-refractivity contribution is 0.0872. The topological polar surface area (TPSA) is 58.7 Å². The van der Waals surface area contributed by atoms with E-state index in [1.807, 2.05) is 48.5 Å². The van der Waals surface area contributed by atoms with Gasteiger partial charge < -0.3 is 20.5 Å². The van der Waals surface area contributed by atoms with Crippen LogP contribution in [0.15, 0.2) is 48.5 Å². The Hall–Kier alpha value is -2.04. The van der Waals surface area contributed by atoms with Crippen LogP contribution in [0.5, 0.6) is 11.5 Å².